The van der Waals surface area contributed by atoms with Crippen LogP contribution >= 0.6 is 0 Å². The van der Waals surface area contributed by atoms with Crippen molar-refractivity contribution in [1.82, 2.24) is 10.1 Å². The number of hydrogen-bond donors (Lipinski definition) is 1. The van der Waals surface area contributed by atoms with Gasteiger partial charge < -0.3 is 14.5 Å². The van der Waals surface area contributed by atoms with E-state index < -0.39 is 36.1 Å². The number of amides is 1. The van der Waals surface area contributed by atoms with Gasteiger partial charge in [-0.1, -0.05) is 5.16 Å². The highest BCUT2D eigenvalue weighted by Crippen LogP contribution is 2.18. The topological polar surface area (TPSA) is 83.6 Å². The minimum atomic E-state index is -4.54. The van der Waals surface area contributed by atoms with Crippen LogP contribution in [-0.4, -0.2) is 46.3 Å². The summed E-state index contributed by atoms with van der Waals surface area (Å²) in [5, 5.41) is 11.6. The molecule has 0 aliphatic rings. The molecule has 100 valence electrons. The maximum absolute atomic E-state index is 12.2. The zero-order chi connectivity index (χ0) is 13.9. The van der Waals surface area contributed by atoms with Crippen LogP contribution in [0.2, 0.25) is 0 Å². The minimum Gasteiger partial charge on any atom is -0.475 e. The normalized spacial score (nSPS) is 11.3. The number of nitrogens with zero attached hydrogens (tertiary/aromatic N) is 2. The average Bonchev–Trinajstić information content (AvgIpc) is 2.72. The lowest BCUT2D eigenvalue weighted by Crippen LogP contribution is -2.38. The van der Waals surface area contributed by atoms with Gasteiger partial charge in [0.1, 0.15) is 6.54 Å². The van der Waals surface area contributed by atoms with Gasteiger partial charge in [-0.3, -0.25) is 4.79 Å². The molecule has 0 aromatic carbocycles. The molecule has 0 saturated carbocycles. The molecule has 9 heteroatoms. The van der Waals surface area contributed by atoms with E-state index >= 15 is 0 Å². The third kappa shape index (κ3) is 3.47. The molecule has 0 atom stereocenters. The van der Waals surface area contributed by atoms with E-state index in [1.165, 1.54) is 6.92 Å². The fourth-order valence-electron chi connectivity index (χ4n) is 1.18. The van der Waals surface area contributed by atoms with Gasteiger partial charge in [-0.2, -0.15) is 13.2 Å². The van der Waals surface area contributed by atoms with Crippen molar-refractivity contribution in [3.63, 3.8) is 0 Å². The van der Waals surface area contributed by atoms with Crippen LogP contribution in [0.5, 0.6) is 0 Å². The molecule has 0 unspecified atom stereocenters. The van der Waals surface area contributed by atoms with Crippen molar-refractivity contribution in [3.8, 4) is 0 Å². The summed E-state index contributed by atoms with van der Waals surface area (Å²) in [5.41, 5.74) is -0.474. The van der Waals surface area contributed by atoms with Crippen LogP contribution in [0.3, 0.4) is 0 Å². The van der Waals surface area contributed by atoms with Crippen molar-refractivity contribution in [2.24, 2.45) is 0 Å². The molecular weight excluding hydrogens is 257 g/mol. The Balaban J connectivity index is 2.86. The molecule has 1 aromatic heterocycles. The van der Waals surface area contributed by atoms with Crippen LogP contribution in [0.25, 0.3) is 0 Å². The van der Waals surface area contributed by atoms with Crippen molar-refractivity contribution >= 4 is 11.9 Å². The maximum Gasteiger partial charge on any atom is 0.406 e. The van der Waals surface area contributed by atoms with Crippen LogP contribution in [0, 0.1) is 0 Å². The van der Waals surface area contributed by atoms with Crippen molar-refractivity contribution in [2.75, 3.05) is 13.1 Å². The van der Waals surface area contributed by atoms with Gasteiger partial charge in [0.25, 0.3) is 5.91 Å². The number of carbonyl (C=O) groups excluding carboxylic acids is 1. The van der Waals surface area contributed by atoms with E-state index in [4.69, 9.17) is 5.11 Å². The monoisotopic (exact) mass is 266 g/mol. The molecule has 0 spiro atoms. The van der Waals surface area contributed by atoms with Crippen LogP contribution in [-0.2, 0) is 0 Å². The molecule has 1 N–H and O–H groups in total. The van der Waals surface area contributed by atoms with E-state index in [-0.39, 0.29) is 6.54 Å². The molecule has 0 fully saturated rings. The fraction of sp³-hybridized carbons (Fsp3) is 0.444. The summed E-state index contributed by atoms with van der Waals surface area (Å²) in [7, 11) is 0. The van der Waals surface area contributed by atoms with Crippen LogP contribution < -0.4 is 0 Å². The van der Waals surface area contributed by atoms with Crippen molar-refractivity contribution < 1.29 is 32.4 Å². The van der Waals surface area contributed by atoms with Gasteiger partial charge >= 0.3 is 12.1 Å². The molecule has 6 nitrogen and oxygen atoms in total. The second-order valence-electron chi connectivity index (χ2n) is 3.32. The smallest absolute Gasteiger partial charge is 0.406 e. The van der Waals surface area contributed by atoms with Crippen molar-refractivity contribution in [3.05, 3.63) is 17.5 Å². The highest BCUT2D eigenvalue weighted by atomic mass is 19.4. The number of aromatic carboxylic acids is 1. The third-order valence-corrected chi connectivity index (χ3v) is 1.98. The van der Waals surface area contributed by atoms with Gasteiger partial charge in [0.2, 0.25) is 5.76 Å². The first-order valence-electron chi connectivity index (χ1n) is 4.80. The first-order valence-corrected chi connectivity index (χ1v) is 4.80. The van der Waals surface area contributed by atoms with E-state index in [1.807, 2.05) is 0 Å². The predicted octanol–water partition coefficient (Wildman–Crippen LogP) is 1.40. The van der Waals surface area contributed by atoms with Gasteiger partial charge in [0.15, 0.2) is 5.69 Å². The zero-order valence-electron chi connectivity index (χ0n) is 9.19. The Labute approximate surface area is 99.0 Å². The Kier molecular flexibility index (Phi) is 3.94. The lowest BCUT2D eigenvalue weighted by molar-refractivity contribution is -0.140. The molecule has 0 aliphatic heterocycles. The summed E-state index contributed by atoms with van der Waals surface area (Å²) in [6.45, 7) is -0.257. The number of carboxylic acids is 1. The van der Waals surface area contributed by atoms with E-state index in [9.17, 15) is 22.8 Å². The number of halogens is 3. The molecule has 0 aliphatic carbocycles. The Hall–Kier alpha value is -2.06. The number of carboxylic acid groups (broad SMARTS) is 1. The first-order chi connectivity index (χ1) is 8.24. The van der Waals surface area contributed by atoms with Crippen LogP contribution in [0.15, 0.2) is 10.6 Å². The van der Waals surface area contributed by atoms with Crippen LogP contribution in [0.1, 0.15) is 28.0 Å². The average molecular weight is 266 g/mol. The molecule has 0 bridgehead atoms. The highest BCUT2D eigenvalue weighted by Gasteiger charge is 2.33. The quantitative estimate of drug-likeness (QED) is 0.890. The number of alkyl halides is 3. The Morgan fingerprint density at radius 3 is 2.50 bits per heavy atom. The zero-order valence-corrected chi connectivity index (χ0v) is 9.19. The minimum absolute atomic E-state index is 0.187. The third-order valence-electron chi connectivity index (χ3n) is 1.98. The summed E-state index contributed by atoms with van der Waals surface area (Å²) >= 11 is 0. The molecule has 18 heavy (non-hydrogen) atoms. The number of carbonyl (C=O) groups is 2. The van der Waals surface area contributed by atoms with Gasteiger partial charge in [0, 0.05) is 12.6 Å². The van der Waals surface area contributed by atoms with Crippen LogP contribution in [0.4, 0.5) is 13.2 Å². The second kappa shape index (κ2) is 5.07. The van der Waals surface area contributed by atoms with E-state index in [2.05, 4.69) is 9.68 Å². The lowest BCUT2D eigenvalue weighted by atomic mass is 10.3. The van der Waals surface area contributed by atoms with E-state index in [0.29, 0.717) is 4.90 Å². The Morgan fingerprint density at radius 1 is 1.50 bits per heavy atom. The first kappa shape index (κ1) is 14.0. The highest BCUT2D eigenvalue weighted by molar-refractivity contribution is 5.94. The van der Waals surface area contributed by atoms with Gasteiger partial charge in [-0.25, -0.2) is 4.79 Å². The summed E-state index contributed by atoms with van der Waals surface area (Å²) in [4.78, 5) is 22.6. The number of aromatic nitrogens is 1. The van der Waals surface area contributed by atoms with E-state index in [1.54, 1.807) is 0 Å². The summed E-state index contributed by atoms with van der Waals surface area (Å²) in [6, 6.07) is 0.781. The van der Waals surface area contributed by atoms with Gasteiger partial charge in [0.05, 0.1) is 0 Å². The lowest BCUT2D eigenvalue weighted by Gasteiger charge is -2.20. The summed E-state index contributed by atoms with van der Waals surface area (Å²) in [6.07, 6.45) is -4.54. The largest absolute Gasteiger partial charge is 0.475 e. The van der Waals surface area contributed by atoms with Crippen molar-refractivity contribution in [1.29, 1.82) is 0 Å². The Morgan fingerprint density at radius 2 is 2.11 bits per heavy atom. The second-order valence-corrected chi connectivity index (χ2v) is 3.32. The fourth-order valence-corrected chi connectivity index (χ4v) is 1.18. The predicted molar refractivity (Wildman–Crippen MR) is 51.1 cm³/mol. The number of hydrogen-bond acceptors (Lipinski definition) is 4. The molecular formula is C9H9F3N2O4. The number of rotatable bonds is 4. The standard InChI is InChI=1S/C9H9F3N2O4/c1-2-14(4-9(10,11)12)7(15)5-3-6(8(16)17)18-13-5/h3H,2,4H2,1H3,(H,16,17). The van der Waals surface area contributed by atoms with Gasteiger partial charge in [-0.05, 0) is 6.92 Å². The van der Waals surface area contributed by atoms with Gasteiger partial charge in [-0.15, -0.1) is 0 Å². The molecule has 0 radical (unpaired) electrons. The SMILES string of the molecule is CCN(CC(F)(F)F)C(=O)c1cc(C(=O)O)on1. The van der Waals surface area contributed by atoms with Crippen molar-refractivity contribution in [2.45, 2.75) is 13.1 Å². The molecule has 0 saturated heterocycles. The van der Waals surface area contributed by atoms with E-state index in [0.717, 1.165) is 6.07 Å². The molecule has 1 amide bonds. The molecule has 1 aromatic rings. The summed E-state index contributed by atoms with van der Waals surface area (Å²) in [5.74, 6) is -3.10. The maximum atomic E-state index is 12.2. The molecule has 1 heterocycles. The summed E-state index contributed by atoms with van der Waals surface area (Å²) < 4.78 is 40.8. The molecule has 1 rings (SSSR count). The Bertz CT molecular complexity index is 455.